The molecule has 118 valence electrons. The van der Waals surface area contributed by atoms with E-state index in [1.807, 2.05) is 0 Å². The lowest BCUT2D eigenvalue weighted by molar-refractivity contribution is 0.0942. The monoisotopic (exact) mass is 323 g/mol. The van der Waals surface area contributed by atoms with Crippen LogP contribution >= 0.6 is 12.2 Å². The smallest absolute Gasteiger partial charge is 0.269 e. The van der Waals surface area contributed by atoms with Gasteiger partial charge in [-0.25, -0.2) is 0 Å². The fourth-order valence-electron chi connectivity index (χ4n) is 2.28. The van der Waals surface area contributed by atoms with Gasteiger partial charge in [-0.15, -0.1) is 0 Å². The first kappa shape index (κ1) is 14.9. The zero-order valence-electron chi connectivity index (χ0n) is 11.9. The summed E-state index contributed by atoms with van der Waals surface area (Å²) in [5.41, 5.74) is 5.66. The second kappa shape index (κ2) is 6.80. The number of hydrogen-bond donors (Lipinski definition) is 3. The molecule has 0 spiro atoms. The first-order valence-electron chi connectivity index (χ1n) is 7.08. The van der Waals surface area contributed by atoms with E-state index in [1.54, 1.807) is 18.2 Å². The molecule has 0 bridgehead atoms. The fourth-order valence-corrected chi connectivity index (χ4v) is 2.41. The molecular weight excluding hydrogens is 306 g/mol. The molecule has 1 amide bonds. The Morgan fingerprint density at radius 2 is 2.14 bits per heavy atom. The van der Waals surface area contributed by atoms with E-state index >= 15 is 0 Å². The number of thiocarbonyl (C=S) groups is 1. The lowest BCUT2D eigenvalue weighted by atomic mass is 10.2. The molecule has 3 rings (SSSR count). The first-order valence-corrected chi connectivity index (χ1v) is 7.48. The van der Waals surface area contributed by atoms with Crippen LogP contribution in [0.1, 0.15) is 23.2 Å². The van der Waals surface area contributed by atoms with E-state index in [0.29, 0.717) is 28.7 Å². The molecule has 8 heteroatoms. The molecule has 1 aromatic rings. The van der Waals surface area contributed by atoms with Crippen molar-refractivity contribution in [2.75, 3.05) is 19.9 Å². The molecule has 1 atom stereocenters. The van der Waals surface area contributed by atoms with Gasteiger partial charge in [0.05, 0.1) is 6.10 Å². The maximum absolute atomic E-state index is 12.0. The second-order valence-corrected chi connectivity index (χ2v) is 5.40. The Bertz CT molecular complexity index is 575. The molecule has 2 aliphatic rings. The van der Waals surface area contributed by atoms with Crippen molar-refractivity contribution in [3.05, 3.63) is 23.8 Å². The third-order valence-corrected chi connectivity index (χ3v) is 3.69. The summed E-state index contributed by atoms with van der Waals surface area (Å²) in [5, 5.41) is 3.36. The maximum atomic E-state index is 12.0. The van der Waals surface area contributed by atoms with Crippen molar-refractivity contribution in [1.82, 2.24) is 16.2 Å². The Morgan fingerprint density at radius 1 is 1.27 bits per heavy atom. The summed E-state index contributed by atoms with van der Waals surface area (Å²) in [4.78, 5) is 12.0. The topological polar surface area (TPSA) is 80.9 Å². The summed E-state index contributed by atoms with van der Waals surface area (Å²) in [7, 11) is 0. The zero-order chi connectivity index (χ0) is 15.4. The van der Waals surface area contributed by atoms with Gasteiger partial charge in [0.25, 0.3) is 5.91 Å². The highest BCUT2D eigenvalue weighted by Gasteiger charge is 2.17. The van der Waals surface area contributed by atoms with Gasteiger partial charge in [-0.05, 0) is 43.3 Å². The SMILES string of the molecule is O=C(NNC(=S)NCC1CCCO1)c1ccc2c(c1)OCO2. The van der Waals surface area contributed by atoms with E-state index in [9.17, 15) is 4.79 Å². The average molecular weight is 323 g/mol. The molecule has 0 saturated carbocycles. The van der Waals surface area contributed by atoms with Gasteiger partial charge < -0.3 is 19.5 Å². The minimum atomic E-state index is -0.306. The van der Waals surface area contributed by atoms with E-state index in [-0.39, 0.29) is 18.8 Å². The van der Waals surface area contributed by atoms with E-state index in [4.69, 9.17) is 26.4 Å². The maximum Gasteiger partial charge on any atom is 0.269 e. The molecular formula is C14H17N3O4S. The second-order valence-electron chi connectivity index (χ2n) is 4.99. The molecule has 0 aromatic heterocycles. The van der Waals surface area contributed by atoms with Crippen molar-refractivity contribution in [2.24, 2.45) is 0 Å². The van der Waals surface area contributed by atoms with Crippen molar-refractivity contribution in [1.29, 1.82) is 0 Å². The van der Waals surface area contributed by atoms with Crippen LogP contribution in [0, 0.1) is 0 Å². The van der Waals surface area contributed by atoms with Gasteiger partial charge in [0.1, 0.15) is 0 Å². The molecule has 1 fully saturated rings. The van der Waals surface area contributed by atoms with Crippen LogP contribution in [0.4, 0.5) is 0 Å². The van der Waals surface area contributed by atoms with Crippen LogP contribution in [0.15, 0.2) is 18.2 Å². The van der Waals surface area contributed by atoms with Crippen LogP contribution in [-0.2, 0) is 4.74 Å². The molecule has 22 heavy (non-hydrogen) atoms. The Labute approximate surface area is 133 Å². The standard InChI is InChI=1S/C14H17N3O4S/c18-13(9-3-4-11-12(6-9)21-8-20-11)16-17-14(22)15-7-10-2-1-5-19-10/h3-4,6,10H,1-2,5,7-8H2,(H,16,18)(H2,15,17,22). The molecule has 2 heterocycles. The van der Waals surface area contributed by atoms with Crippen LogP contribution in [0.25, 0.3) is 0 Å². The fraction of sp³-hybridized carbons (Fsp3) is 0.429. The minimum absolute atomic E-state index is 0.176. The number of amides is 1. The molecule has 0 aliphatic carbocycles. The first-order chi connectivity index (χ1) is 10.7. The molecule has 1 unspecified atom stereocenters. The van der Waals surface area contributed by atoms with Crippen molar-refractivity contribution in [3.63, 3.8) is 0 Å². The Kier molecular flexibility index (Phi) is 4.59. The van der Waals surface area contributed by atoms with Crippen LogP contribution in [-0.4, -0.2) is 37.1 Å². The van der Waals surface area contributed by atoms with E-state index in [1.165, 1.54) is 0 Å². The number of hydrazine groups is 1. The Balaban J connectivity index is 1.44. The average Bonchev–Trinajstić information content (AvgIpc) is 3.20. The lowest BCUT2D eigenvalue weighted by Crippen LogP contribution is -2.48. The summed E-state index contributed by atoms with van der Waals surface area (Å²) in [6.45, 7) is 1.61. The summed E-state index contributed by atoms with van der Waals surface area (Å²) in [5.74, 6) is 0.893. The molecule has 1 saturated heterocycles. The molecule has 7 nitrogen and oxygen atoms in total. The number of fused-ring (bicyclic) bond motifs is 1. The van der Waals surface area contributed by atoms with Crippen LogP contribution < -0.4 is 25.6 Å². The zero-order valence-corrected chi connectivity index (χ0v) is 12.7. The molecule has 0 radical (unpaired) electrons. The van der Waals surface area contributed by atoms with Crippen molar-refractivity contribution >= 4 is 23.2 Å². The van der Waals surface area contributed by atoms with Gasteiger partial charge in [0, 0.05) is 18.7 Å². The van der Waals surface area contributed by atoms with E-state index in [2.05, 4.69) is 16.2 Å². The Morgan fingerprint density at radius 3 is 2.95 bits per heavy atom. The van der Waals surface area contributed by atoms with Gasteiger partial charge in [-0.1, -0.05) is 0 Å². The van der Waals surface area contributed by atoms with Crippen molar-refractivity contribution in [3.8, 4) is 11.5 Å². The molecule has 2 aliphatic heterocycles. The highest BCUT2D eigenvalue weighted by atomic mass is 32.1. The number of carbonyl (C=O) groups excluding carboxylic acids is 1. The lowest BCUT2D eigenvalue weighted by Gasteiger charge is -2.14. The number of benzene rings is 1. The number of hydrogen-bond acceptors (Lipinski definition) is 5. The van der Waals surface area contributed by atoms with Crippen molar-refractivity contribution < 1.29 is 19.0 Å². The highest BCUT2D eigenvalue weighted by molar-refractivity contribution is 7.80. The number of rotatable bonds is 3. The van der Waals surface area contributed by atoms with E-state index < -0.39 is 0 Å². The quantitative estimate of drug-likeness (QED) is 0.558. The summed E-state index contributed by atoms with van der Waals surface area (Å²) in [6, 6.07) is 4.99. The predicted molar refractivity (Wildman–Crippen MR) is 82.7 cm³/mol. The van der Waals surface area contributed by atoms with Gasteiger partial charge in [-0.3, -0.25) is 15.6 Å². The number of ether oxygens (including phenoxy) is 3. The van der Waals surface area contributed by atoms with Gasteiger partial charge in [0.15, 0.2) is 16.6 Å². The molecule has 3 N–H and O–H groups in total. The molecule has 1 aromatic carbocycles. The third kappa shape index (κ3) is 3.58. The summed E-state index contributed by atoms with van der Waals surface area (Å²) < 4.78 is 15.9. The normalized spacial score (nSPS) is 18.8. The largest absolute Gasteiger partial charge is 0.454 e. The number of carbonyl (C=O) groups is 1. The van der Waals surface area contributed by atoms with Crippen LogP contribution in [0.3, 0.4) is 0 Å². The van der Waals surface area contributed by atoms with Gasteiger partial charge in [-0.2, -0.15) is 0 Å². The van der Waals surface area contributed by atoms with Crippen LogP contribution in [0.5, 0.6) is 11.5 Å². The highest BCUT2D eigenvalue weighted by Crippen LogP contribution is 2.32. The summed E-state index contributed by atoms with van der Waals surface area (Å²) in [6.07, 6.45) is 2.29. The predicted octanol–water partition coefficient (Wildman–Crippen LogP) is 0.703. The van der Waals surface area contributed by atoms with Crippen molar-refractivity contribution in [2.45, 2.75) is 18.9 Å². The van der Waals surface area contributed by atoms with Gasteiger partial charge >= 0.3 is 0 Å². The van der Waals surface area contributed by atoms with E-state index in [0.717, 1.165) is 19.4 Å². The van der Waals surface area contributed by atoms with Gasteiger partial charge in [0.2, 0.25) is 6.79 Å². The minimum Gasteiger partial charge on any atom is -0.454 e. The number of nitrogens with one attached hydrogen (secondary N) is 3. The summed E-state index contributed by atoms with van der Waals surface area (Å²) >= 11 is 5.10. The van der Waals surface area contributed by atoms with Crippen LogP contribution in [0.2, 0.25) is 0 Å². The Hall–Kier alpha value is -2.06. The third-order valence-electron chi connectivity index (χ3n) is 3.44.